The number of rotatable bonds is 4. The maximum absolute atomic E-state index is 5.43. The fourth-order valence-electron chi connectivity index (χ4n) is 1.19. The highest BCUT2D eigenvalue weighted by Gasteiger charge is 2.07. The summed E-state index contributed by atoms with van der Waals surface area (Å²) in [6.07, 6.45) is 1.71. The molecule has 0 aliphatic carbocycles. The maximum Gasteiger partial charge on any atom is 0.242 e. The average molecular weight is 272 g/mol. The Hall–Kier alpha value is -1.14. The van der Waals surface area contributed by atoms with E-state index in [1.807, 2.05) is 6.07 Å². The van der Waals surface area contributed by atoms with Crippen molar-refractivity contribution in [3.8, 4) is 5.88 Å². The number of halogens is 1. The Morgan fingerprint density at radius 3 is 3.13 bits per heavy atom. The molecule has 80 valence electrons. The van der Waals surface area contributed by atoms with E-state index in [2.05, 4.69) is 31.1 Å². The van der Waals surface area contributed by atoms with Crippen molar-refractivity contribution >= 4 is 27.0 Å². The van der Waals surface area contributed by atoms with Gasteiger partial charge < -0.3 is 9.47 Å². The highest BCUT2D eigenvalue weighted by Crippen LogP contribution is 2.23. The molecule has 2 aromatic heterocycles. The van der Waals surface area contributed by atoms with Crippen LogP contribution in [0.1, 0.15) is 0 Å². The number of aromatic nitrogens is 3. The summed E-state index contributed by atoms with van der Waals surface area (Å²) in [5.74, 6) is 0.552. The van der Waals surface area contributed by atoms with Crippen molar-refractivity contribution in [1.82, 2.24) is 15.2 Å². The molecule has 2 aromatic rings. The van der Waals surface area contributed by atoms with Crippen LogP contribution >= 0.6 is 15.9 Å². The normalized spacial score (nSPS) is 10.8. The van der Waals surface area contributed by atoms with E-state index >= 15 is 0 Å². The van der Waals surface area contributed by atoms with E-state index in [4.69, 9.17) is 9.47 Å². The number of fused-ring (bicyclic) bond motifs is 1. The predicted octanol–water partition coefficient (Wildman–Crippen LogP) is 1.75. The van der Waals surface area contributed by atoms with Gasteiger partial charge in [0.15, 0.2) is 5.65 Å². The monoisotopic (exact) mass is 271 g/mol. The molecule has 0 amide bonds. The van der Waals surface area contributed by atoms with E-state index < -0.39 is 0 Å². The molecule has 6 heteroatoms. The zero-order valence-electron chi connectivity index (χ0n) is 8.16. The lowest BCUT2D eigenvalue weighted by molar-refractivity contribution is 0.144. The molecule has 0 aliphatic rings. The number of hydrogen-bond acceptors (Lipinski definition) is 4. The highest BCUT2D eigenvalue weighted by molar-refractivity contribution is 9.10. The van der Waals surface area contributed by atoms with Gasteiger partial charge >= 0.3 is 0 Å². The van der Waals surface area contributed by atoms with Crippen LogP contribution in [0.25, 0.3) is 11.0 Å². The summed E-state index contributed by atoms with van der Waals surface area (Å²) in [7, 11) is 1.63. The van der Waals surface area contributed by atoms with Crippen LogP contribution in [0.5, 0.6) is 5.88 Å². The van der Waals surface area contributed by atoms with Crippen LogP contribution in [0.2, 0.25) is 0 Å². The van der Waals surface area contributed by atoms with Gasteiger partial charge in [-0.05, 0) is 22.0 Å². The first-order chi connectivity index (χ1) is 7.31. The predicted molar refractivity (Wildman–Crippen MR) is 59.0 cm³/mol. The molecule has 0 radical (unpaired) electrons. The largest absolute Gasteiger partial charge is 0.474 e. The lowest BCUT2D eigenvalue weighted by atomic mass is 10.3. The van der Waals surface area contributed by atoms with E-state index in [1.54, 1.807) is 13.3 Å². The van der Waals surface area contributed by atoms with Crippen LogP contribution in [0.4, 0.5) is 0 Å². The van der Waals surface area contributed by atoms with Crippen LogP contribution in [0, 0.1) is 0 Å². The van der Waals surface area contributed by atoms with Crippen LogP contribution in [-0.4, -0.2) is 35.5 Å². The van der Waals surface area contributed by atoms with E-state index in [0.29, 0.717) is 24.7 Å². The minimum Gasteiger partial charge on any atom is -0.474 e. The van der Waals surface area contributed by atoms with E-state index in [1.165, 1.54) is 0 Å². The van der Waals surface area contributed by atoms with Gasteiger partial charge in [0, 0.05) is 17.8 Å². The molecule has 1 N–H and O–H groups in total. The van der Waals surface area contributed by atoms with Gasteiger partial charge in [-0.3, -0.25) is 5.10 Å². The third kappa shape index (κ3) is 2.27. The van der Waals surface area contributed by atoms with Crippen LogP contribution in [-0.2, 0) is 4.74 Å². The lowest BCUT2D eigenvalue weighted by Gasteiger charge is -2.01. The third-order valence-corrected chi connectivity index (χ3v) is 2.31. The number of nitrogens with zero attached hydrogens (tertiary/aromatic N) is 2. The van der Waals surface area contributed by atoms with Crippen molar-refractivity contribution < 1.29 is 9.47 Å². The van der Waals surface area contributed by atoms with Crippen molar-refractivity contribution in [3.63, 3.8) is 0 Å². The number of pyridine rings is 1. The Kier molecular flexibility index (Phi) is 3.17. The van der Waals surface area contributed by atoms with Crippen molar-refractivity contribution in [2.75, 3.05) is 20.3 Å². The van der Waals surface area contributed by atoms with Gasteiger partial charge in [0.05, 0.1) is 12.0 Å². The first-order valence-electron chi connectivity index (χ1n) is 4.42. The van der Waals surface area contributed by atoms with E-state index in [-0.39, 0.29) is 0 Å². The Morgan fingerprint density at radius 1 is 1.47 bits per heavy atom. The molecule has 0 bridgehead atoms. The highest BCUT2D eigenvalue weighted by atomic mass is 79.9. The molecular weight excluding hydrogens is 262 g/mol. The Labute approximate surface area is 94.9 Å². The molecule has 2 rings (SSSR count). The first kappa shape index (κ1) is 10.4. The van der Waals surface area contributed by atoms with Gasteiger partial charge in [0.25, 0.3) is 0 Å². The molecule has 0 atom stereocenters. The maximum atomic E-state index is 5.43. The molecule has 0 spiro atoms. The van der Waals surface area contributed by atoms with Gasteiger partial charge in [0.2, 0.25) is 5.88 Å². The quantitative estimate of drug-likeness (QED) is 0.861. The number of nitrogens with one attached hydrogen (secondary N) is 1. The molecule has 5 nitrogen and oxygen atoms in total. The third-order valence-electron chi connectivity index (χ3n) is 1.87. The number of methoxy groups -OCH3 is 1. The zero-order chi connectivity index (χ0) is 10.7. The van der Waals surface area contributed by atoms with Gasteiger partial charge in [-0.15, -0.1) is 5.10 Å². The second-order valence-electron chi connectivity index (χ2n) is 2.92. The molecule has 0 unspecified atom stereocenters. The van der Waals surface area contributed by atoms with Gasteiger partial charge in [0.1, 0.15) is 6.61 Å². The molecule has 0 saturated carbocycles. The molecule has 0 aliphatic heterocycles. The van der Waals surface area contributed by atoms with Crippen LogP contribution < -0.4 is 4.74 Å². The van der Waals surface area contributed by atoms with Gasteiger partial charge in [-0.2, -0.15) is 0 Å². The van der Waals surface area contributed by atoms with Crippen molar-refractivity contribution in [3.05, 3.63) is 16.7 Å². The number of ether oxygens (including phenoxy) is 2. The minimum absolute atomic E-state index is 0.475. The Bertz CT molecular complexity index is 458. The summed E-state index contributed by atoms with van der Waals surface area (Å²) < 4.78 is 11.2. The second kappa shape index (κ2) is 4.59. The average Bonchev–Trinajstić information content (AvgIpc) is 2.62. The molecular formula is C9H10BrN3O2. The Balaban J connectivity index is 2.23. The van der Waals surface area contributed by atoms with E-state index in [0.717, 1.165) is 9.86 Å². The second-order valence-corrected chi connectivity index (χ2v) is 3.84. The van der Waals surface area contributed by atoms with Crippen molar-refractivity contribution in [2.45, 2.75) is 0 Å². The van der Waals surface area contributed by atoms with Gasteiger partial charge in [-0.1, -0.05) is 0 Å². The molecule has 15 heavy (non-hydrogen) atoms. The summed E-state index contributed by atoms with van der Waals surface area (Å²) in [6.45, 7) is 1.01. The van der Waals surface area contributed by atoms with Gasteiger partial charge in [-0.25, -0.2) is 4.98 Å². The smallest absolute Gasteiger partial charge is 0.242 e. The Morgan fingerprint density at radius 2 is 2.33 bits per heavy atom. The standard InChI is InChI=1S/C9H10BrN3O2/c1-14-2-3-15-9-7-4-6(10)5-11-8(7)12-13-9/h4-5H,2-3H2,1H3,(H,11,12,13). The summed E-state index contributed by atoms with van der Waals surface area (Å²) >= 11 is 3.35. The SMILES string of the molecule is COCCOc1n[nH]c2ncc(Br)cc12. The molecule has 0 saturated heterocycles. The zero-order valence-corrected chi connectivity index (χ0v) is 9.74. The molecule has 2 heterocycles. The lowest BCUT2D eigenvalue weighted by Crippen LogP contribution is -2.04. The number of aromatic amines is 1. The molecule has 0 aromatic carbocycles. The summed E-state index contributed by atoms with van der Waals surface area (Å²) in [4.78, 5) is 4.15. The summed E-state index contributed by atoms with van der Waals surface area (Å²) in [5.41, 5.74) is 0.714. The van der Waals surface area contributed by atoms with Crippen molar-refractivity contribution in [2.24, 2.45) is 0 Å². The first-order valence-corrected chi connectivity index (χ1v) is 5.22. The summed E-state index contributed by atoms with van der Waals surface area (Å²) in [6, 6.07) is 1.91. The number of hydrogen-bond donors (Lipinski definition) is 1. The van der Waals surface area contributed by atoms with Crippen molar-refractivity contribution in [1.29, 1.82) is 0 Å². The molecule has 0 fully saturated rings. The van der Waals surface area contributed by atoms with Crippen LogP contribution in [0.3, 0.4) is 0 Å². The minimum atomic E-state index is 0.475. The summed E-state index contributed by atoms with van der Waals surface area (Å²) in [5, 5.41) is 7.68. The fourth-order valence-corrected chi connectivity index (χ4v) is 1.52. The number of H-pyrrole nitrogens is 1. The van der Waals surface area contributed by atoms with E-state index in [9.17, 15) is 0 Å². The van der Waals surface area contributed by atoms with Crippen LogP contribution in [0.15, 0.2) is 16.7 Å². The topological polar surface area (TPSA) is 60.0 Å². The fraction of sp³-hybridized carbons (Fsp3) is 0.333.